The van der Waals surface area contributed by atoms with E-state index in [2.05, 4.69) is 11.4 Å². The summed E-state index contributed by atoms with van der Waals surface area (Å²) in [6.07, 6.45) is 1.10. The Morgan fingerprint density at radius 3 is 3.15 bits per heavy atom. The van der Waals surface area contributed by atoms with Crippen LogP contribution >= 0.6 is 11.6 Å². The average Bonchev–Trinajstić information content (AvgIpc) is 2.18. The van der Waals surface area contributed by atoms with Gasteiger partial charge in [-0.15, -0.1) is 0 Å². The number of benzene rings is 1. The van der Waals surface area contributed by atoms with Crippen LogP contribution in [0, 0.1) is 0 Å². The van der Waals surface area contributed by atoms with E-state index in [0.29, 0.717) is 12.5 Å². The van der Waals surface area contributed by atoms with Crippen molar-refractivity contribution in [2.75, 3.05) is 18.4 Å². The Morgan fingerprint density at radius 2 is 2.38 bits per heavy atom. The molecule has 13 heavy (non-hydrogen) atoms. The summed E-state index contributed by atoms with van der Waals surface area (Å²) in [5, 5.41) is 4.11. The van der Waals surface area contributed by atoms with Crippen molar-refractivity contribution >= 4 is 17.3 Å². The first-order valence-electron chi connectivity index (χ1n) is 4.55. The lowest BCUT2D eigenvalue weighted by Gasteiger charge is -2.26. The molecule has 0 radical (unpaired) electrons. The van der Waals surface area contributed by atoms with Crippen LogP contribution in [0.5, 0.6) is 0 Å². The van der Waals surface area contributed by atoms with Gasteiger partial charge in [0.05, 0.1) is 10.7 Å². The molecule has 0 saturated carbocycles. The third-order valence-electron chi connectivity index (χ3n) is 2.56. The van der Waals surface area contributed by atoms with Crippen LogP contribution in [0.1, 0.15) is 17.9 Å². The van der Waals surface area contributed by atoms with Crippen LogP contribution in [-0.4, -0.2) is 13.1 Å². The highest BCUT2D eigenvalue weighted by Gasteiger charge is 2.19. The van der Waals surface area contributed by atoms with Crippen molar-refractivity contribution < 1.29 is 0 Å². The highest BCUT2D eigenvalue weighted by molar-refractivity contribution is 6.33. The topological polar surface area (TPSA) is 38.0 Å². The minimum Gasteiger partial charge on any atom is -0.384 e. The van der Waals surface area contributed by atoms with E-state index in [9.17, 15) is 0 Å². The van der Waals surface area contributed by atoms with Crippen LogP contribution in [0.15, 0.2) is 18.2 Å². The maximum absolute atomic E-state index is 6.06. The molecule has 0 aromatic heterocycles. The average molecular weight is 197 g/mol. The Bertz CT molecular complexity index is 312. The summed E-state index contributed by atoms with van der Waals surface area (Å²) >= 11 is 6.06. The molecule has 1 heterocycles. The summed E-state index contributed by atoms with van der Waals surface area (Å²) in [5.74, 6) is 0.468. The third-order valence-corrected chi connectivity index (χ3v) is 2.88. The fourth-order valence-corrected chi connectivity index (χ4v) is 2.09. The zero-order chi connectivity index (χ0) is 9.26. The molecule has 1 aliphatic rings. The van der Waals surface area contributed by atoms with Crippen molar-refractivity contribution in [1.29, 1.82) is 0 Å². The Hall–Kier alpha value is -0.730. The standard InChI is InChI=1S/C10H13ClN2/c11-9-3-1-2-8-7(6-12)4-5-13-10(8)9/h1-3,7,13H,4-6,12H2. The Kier molecular flexibility index (Phi) is 2.42. The molecule has 3 heteroatoms. The van der Waals surface area contributed by atoms with Crippen molar-refractivity contribution in [2.24, 2.45) is 5.73 Å². The first kappa shape index (κ1) is 8.85. The molecule has 1 aromatic rings. The van der Waals surface area contributed by atoms with Gasteiger partial charge in [0.15, 0.2) is 0 Å². The molecule has 0 bridgehead atoms. The van der Waals surface area contributed by atoms with Crippen LogP contribution in [0.4, 0.5) is 5.69 Å². The summed E-state index contributed by atoms with van der Waals surface area (Å²) in [4.78, 5) is 0. The summed E-state index contributed by atoms with van der Waals surface area (Å²) in [5.41, 5.74) is 8.04. The number of hydrogen-bond donors (Lipinski definition) is 2. The first-order valence-corrected chi connectivity index (χ1v) is 4.93. The molecule has 0 aliphatic carbocycles. The first-order chi connectivity index (χ1) is 6.33. The highest BCUT2D eigenvalue weighted by atomic mass is 35.5. The summed E-state index contributed by atoms with van der Waals surface area (Å²) in [7, 11) is 0. The van der Waals surface area contributed by atoms with Gasteiger partial charge < -0.3 is 11.1 Å². The molecule has 2 rings (SSSR count). The van der Waals surface area contributed by atoms with Crippen molar-refractivity contribution in [3.63, 3.8) is 0 Å². The monoisotopic (exact) mass is 196 g/mol. The zero-order valence-corrected chi connectivity index (χ0v) is 8.14. The molecule has 2 nitrogen and oxygen atoms in total. The molecule has 1 aromatic carbocycles. The largest absolute Gasteiger partial charge is 0.384 e. The Balaban J connectivity index is 2.45. The quantitative estimate of drug-likeness (QED) is 0.723. The number of fused-ring (bicyclic) bond motifs is 1. The summed E-state index contributed by atoms with van der Waals surface area (Å²) < 4.78 is 0. The van der Waals surface area contributed by atoms with Gasteiger partial charge >= 0.3 is 0 Å². The molecule has 0 spiro atoms. The van der Waals surface area contributed by atoms with Gasteiger partial charge in [-0.1, -0.05) is 23.7 Å². The summed E-state index contributed by atoms with van der Waals surface area (Å²) in [6.45, 7) is 1.67. The van der Waals surface area contributed by atoms with Crippen molar-refractivity contribution in [3.05, 3.63) is 28.8 Å². The van der Waals surface area contributed by atoms with E-state index in [0.717, 1.165) is 23.7 Å². The number of anilines is 1. The van der Waals surface area contributed by atoms with Gasteiger partial charge in [0.25, 0.3) is 0 Å². The van der Waals surface area contributed by atoms with Gasteiger partial charge in [0.1, 0.15) is 0 Å². The predicted molar refractivity (Wildman–Crippen MR) is 56.4 cm³/mol. The predicted octanol–water partition coefficient (Wildman–Crippen LogP) is 2.20. The van der Waals surface area contributed by atoms with E-state index in [-0.39, 0.29) is 0 Å². The number of hydrogen-bond acceptors (Lipinski definition) is 2. The van der Waals surface area contributed by atoms with E-state index >= 15 is 0 Å². The van der Waals surface area contributed by atoms with Gasteiger partial charge in [-0.2, -0.15) is 0 Å². The fraction of sp³-hybridized carbons (Fsp3) is 0.400. The van der Waals surface area contributed by atoms with Crippen molar-refractivity contribution in [3.8, 4) is 0 Å². The number of nitrogens with two attached hydrogens (primary N) is 1. The van der Waals surface area contributed by atoms with Gasteiger partial charge in [-0.25, -0.2) is 0 Å². The lowest BCUT2D eigenvalue weighted by atomic mass is 9.91. The molecule has 0 saturated heterocycles. The number of para-hydroxylation sites is 1. The van der Waals surface area contributed by atoms with Crippen LogP contribution in [0.25, 0.3) is 0 Å². The minimum absolute atomic E-state index is 0.468. The SMILES string of the molecule is NCC1CCNc2c(Cl)cccc21. The molecule has 1 aliphatic heterocycles. The van der Waals surface area contributed by atoms with Crippen LogP contribution in [-0.2, 0) is 0 Å². The maximum atomic E-state index is 6.06. The van der Waals surface area contributed by atoms with Crippen LogP contribution in [0.3, 0.4) is 0 Å². The summed E-state index contributed by atoms with van der Waals surface area (Å²) in [6, 6.07) is 5.99. The fourth-order valence-electron chi connectivity index (χ4n) is 1.84. The third kappa shape index (κ3) is 1.52. The van der Waals surface area contributed by atoms with E-state index < -0.39 is 0 Å². The molecule has 70 valence electrons. The van der Waals surface area contributed by atoms with Gasteiger partial charge in [-0.05, 0) is 30.5 Å². The van der Waals surface area contributed by atoms with E-state index in [1.54, 1.807) is 0 Å². The highest BCUT2D eigenvalue weighted by Crippen LogP contribution is 2.35. The second-order valence-corrected chi connectivity index (χ2v) is 3.76. The van der Waals surface area contributed by atoms with E-state index in [4.69, 9.17) is 17.3 Å². The molecular formula is C10H13ClN2. The molecule has 1 atom stereocenters. The number of halogens is 1. The minimum atomic E-state index is 0.468. The molecule has 3 N–H and O–H groups in total. The van der Waals surface area contributed by atoms with Crippen LogP contribution in [0.2, 0.25) is 5.02 Å². The number of nitrogens with one attached hydrogen (secondary N) is 1. The van der Waals surface area contributed by atoms with Crippen molar-refractivity contribution in [2.45, 2.75) is 12.3 Å². The Morgan fingerprint density at radius 1 is 1.54 bits per heavy atom. The van der Waals surface area contributed by atoms with Gasteiger partial charge in [0.2, 0.25) is 0 Å². The van der Waals surface area contributed by atoms with Crippen molar-refractivity contribution in [1.82, 2.24) is 0 Å². The number of rotatable bonds is 1. The van der Waals surface area contributed by atoms with E-state index in [1.165, 1.54) is 5.56 Å². The molecule has 0 amide bonds. The zero-order valence-electron chi connectivity index (χ0n) is 7.39. The van der Waals surface area contributed by atoms with Crippen LogP contribution < -0.4 is 11.1 Å². The lowest BCUT2D eigenvalue weighted by Crippen LogP contribution is -2.22. The lowest BCUT2D eigenvalue weighted by molar-refractivity contribution is 0.637. The molecule has 1 unspecified atom stereocenters. The second kappa shape index (κ2) is 3.56. The Labute approximate surface area is 83.1 Å². The van der Waals surface area contributed by atoms with E-state index in [1.807, 2.05) is 12.1 Å². The second-order valence-electron chi connectivity index (χ2n) is 3.35. The van der Waals surface area contributed by atoms with Gasteiger partial charge in [-0.3, -0.25) is 0 Å². The molecule has 0 fully saturated rings. The van der Waals surface area contributed by atoms with Gasteiger partial charge in [0, 0.05) is 6.54 Å². The smallest absolute Gasteiger partial charge is 0.0640 e. The molecular weight excluding hydrogens is 184 g/mol. The normalized spacial score (nSPS) is 20.6. The maximum Gasteiger partial charge on any atom is 0.0640 e.